The van der Waals surface area contributed by atoms with Crippen LogP contribution >= 0.6 is 12.2 Å². The number of nitrogens with zero attached hydrogens (tertiary/aromatic N) is 1. The highest BCUT2D eigenvalue weighted by molar-refractivity contribution is 7.80. The lowest BCUT2D eigenvalue weighted by Crippen LogP contribution is -2.51. The van der Waals surface area contributed by atoms with Crippen LogP contribution in [0.5, 0.6) is 0 Å². The molecule has 0 aromatic heterocycles. The van der Waals surface area contributed by atoms with E-state index >= 15 is 0 Å². The van der Waals surface area contributed by atoms with E-state index in [0.29, 0.717) is 11.5 Å². The summed E-state index contributed by atoms with van der Waals surface area (Å²) in [6.45, 7) is 2.05. The highest BCUT2D eigenvalue weighted by atomic mass is 32.1. The molecule has 0 bridgehead atoms. The molecule has 1 fully saturated rings. The molecule has 0 radical (unpaired) electrons. The van der Waals surface area contributed by atoms with Gasteiger partial charge in [0.2, 0.25) is 5.91 Å². The van der Waals surface area contributed by atoms with E-state index < -0.39 is 0 Å². The number of aryl methyl sites for hydroxylation is 1. The van der Waals surface area contributed by atoms with Crippen molar-refractivity contribution >= 4 is 28.9 Å². The van der Waals surface area contributed by atoms with Gasteiger partial charge in [-0.15, -0.1) is 0 Å². The van der Waals surface area contributed by atoms with Crippen LogP contribution in [-0.2, 0) is 4.79 Å². The number of amides is 1. The van der Waals surface area contributed by atoms with Crippen LogP contribution in [0.15, 0.2) is 54.6 Å². The lowest BCUT2D eigenvalue weighted by atomic mass is 9.99. The Balaban J connectivity index is 2.03. The Morgan fingerprint density at radius 2 is 1.76 bits per heavy atom. The molecule has 4 heteroatoms. The lowest BCUT2D eigenvalue weighted by Gasteiger charge is -2.37. The van der Waals surface area contributed by atoms with Gasteiger partial charge in [-0.2, -0.15) is 0 Å². The van der Waals surface area contributed by atoms with Gasteiger partial charge < -0.3 is 10.2 Å². The summed E-state index contributed by atoms with van der Waals surface area (Å²) in [6, 6.07) is 18.1. The first-order chi connectivity index (χ1) is 10.1. The van der Waals surface area contributed by atoms with Gasteiger partial charge in [-0.05, 0) is 36.8 Å². The van der Waals surface area contributed by atoms with Gasteiger partial charge in [0.1, 0.15) is 0 Å². The lowest BCUT2D eigenvalue weighted by molar-refractivity contribution is -0.120. The van der Waals surface area contributed by atoms with Gasteiger partial charge in [0.05, 0.1) is 12.5 Å². The van der Waals surface area contributed by atoms with Crippen molar-refractivity contribution < 1.29 is 4.79 Å². The molecule has 106 valence electrons. The van der Waals surface area contributed by atoms with Gasteiger partial charge in [-0.1, -0.05) is 48.0 Å². The molecule has 0 spiro atoms. The third kappa shape index (κ3) is 2.81. The van der Waals surface area contributed by atoms with Gasteiger partial charge in [0.15, 0.2) is 5.11 Å². The monoisotopic (exact) mass is 296 g/mol. The van der Waals surface area contributed by atoms with E-state index in [1.54, 1.807) is 0 Å². The van der Waals surface area contributed by atoms with E-state index in [1.165, 1.54) is 5.56 Å². The first kappa shape index (κ1) is 13.8. The van der Waals surface area contributed by atoms with Gasteiger partial charge in [-0.25, -0.2) is 0 Å². The summed E-state index contributed by atoms with van der Waals surface area (Å²) in [5.41, 5.74) is 3.29. The van der Waals surface area contributed by atoms with Crippen molar-refractivity contribution in [1.82, 2.24) is 5.32 Å². The number of nitrogens with one attached hydrogen (secondary N) is 1. The largest absolute Gasteiger partial charge is 0.311 e. The zero-order chi connectivity index (χ0) is 14.8. The van der Waals surface area contributed by atoms with Crippen LogP contribution in [0.25, 0.3) is 0 Å². The molecule has 1 N–H and O–H groups in total. The zero-order valence-corrected chi connectivity index (χ0v) is 12.6. The average molecular weight is 296 g/mol. The second kappa shape index (κ2) is 5.66. The molecule has 1 amide bonds. The Bertz CT molecular complexity index is 667. The first-order valence-electron chi connectivity index (χ1n) is 6.90. The smallest absolute Gasteiger partial charge is 0.228 e. The number of hydrogen-bond donors (Lipinski definition) is 1. The fourth-order valence-electron chi connectivity index (χ4n) is 2.58. The summed E-state index contributed by atoms with van der Waals surface area (Å²) >= 11 is 5.39. The number of benzene rings is 2. The van der Waals surface area contributed by atoms with Crippen LogP contribution in [0.1, 0.15) is 23.6 Å². The van der Waals surface area contributed by atoms with Crippen molar-refractivity contribution in [1.29, 1.82) is 0 Å². The van der Waals surface area contributed by atoms with Crippen LogP contribution in [0.4, 0.5) is 5.69 Å². The molecule has 1 atom stereocenters. The molecule has 0 aliphatic carbocycles. The summed E-state index contributed by atoms with van der Waals surface area (Å²) in [5, 5.41) is 3.22. The van der Waals surface area contributed by atoms with Gasteiger partial charge in [-0.3, -0.25) is 4.79 Å². The van der Waals surface area contributed by atoms with Gasteiger partial charge >= 0.3 is 0 Å². The molecule has 2 aromatic rings. The minimum Gasteiger partial charge on any atom is -0.311 e. The normalized spacial score (nSPS) is 18.5. The molecule has 3 nitrogen and oxygen atoms in total. The van der Waals surface area contributed by atoms with E-state index in [1.807, 2.05) is 47.4 Å². The summed E-state index contributed by atoms with van der Waals surface area (Å²) in [5.74, 6) is -0.0304. The molecule has 1 heterocycles. The quantitative estimate of drug-likeness (QED) is 0.863. The molecule has 21 heavy (non-hydrogen) atoms. The Hall–Kier alpha value is -2.20. The van der Waals surface area contributed by atoms with E-state index in [-0.39, 0.29) is 11.9 Å². The van der Waals surface area contributed by atoms with Crippen molar-refractivity contribution in [3.8, 4) is 0 Å². The number of rotatable bonds is 2. The molecule has 1 aliphatic heterocycles. The van der Waals surface area contributed by atoms with Crippen molar-refractivity contribution in [2.45, 2.75) is 19.4 Å². The summed E-state index contributed by atoms with van der Waals surface area (Å²) in [6.07, 6.45) is 0.401. The maximum atomic E-state index is 11.9. The van der Waals surface area contributed by atoms with Crippen molar-refractivity contribution in [2.75, 3.05) is 4.90 Å². The fraction of sp³-hybridized carbons (Fsp3) is 0.176. The summed E-state index contributed by atoms with van der Waals surface area (Å²) < 4.78 is 0. The molecule has 1 saturated heterocycles. The topological polar surface area (TPSA) is 32.3 Å². The number of thiocarbonyl (C=S) groups is 1. The van der Waals surface area contributed by atoms with Crippen LogP contribution in [0.2, 0.25) is 0 Å². The molecule has 0 saturated carbocycles. The standard InChI is InChI=1S/C17H16N2OS/c1-12-7-9-14(10-8-12)19-15(11-16(20)18-17(19)21)13-5-3-2-4-6-13/h2-10,15H,11H2,1H3,(H,18,20,21)/t15-/m1/s1. The van der Waals surface area contributed by atoms with Crippen LogP contribution in [0, 0.1) is 6.92 Å². The second-order valence-corrected chi connectivity index (χ2v) is 5.58. The van der Waals surface area contributed by atoms with E-state index in [0.717, 1.165) is 11.3 Å². The summed E-state index contributed by atoms with van der Waals surface area (Å²) in [4.78, 5) is 13.9. The Kier molecular flexibility index (Phi) is 3.71. The molecule has 3 rings (SSSR count). The van der Waals surface area contributed by atoms with Crippen LogP contribution in [-0.4, -0.2) is 11.0 Å². The molecular weight excluding hydrogens is 280 g/mol. The third-order valence-corrected chi connectivity index (χ3v) is 3.95. The van der Waals surface area contributed by atoms with E-state index in [2.05, 4.69) is 24.4 Å². The molecule has 1 aliphatic rings. The van der Waals surface area contributed by atoms with Crippen LogP contribution < -0.4 is 10.2 Å². The number of carbonyl (C=O) groups is 1. The van der Waals surface area contributed by atoms with Gasteiger partial charge in [0.25, 0.3) is 0 Å². The average Bonchev–Trinajstić information content (AvgIpc) is 2.49. The zero-order valence-electron chi connectivity index (χ0n) is 11.7. The Morgan fingerprint density at radius 3 is 2.43 bits per heavy atom. The van der Waals surface area contributed by atoms with E-state index in [4.69, 9.17) is 12.2 Å². The number of anilines is 1. The van der Waals surface area contributed by atoms with Crippen molar-refractivity contribution in [3.63, 3.8) is 0 Å². The van der Waals surface area contributed by atoms with Gasteiger partial charge in [0, 0.05) is 5.69 Å². The maximum Gasteiger partial charge on any atom is 0.228 e. The Labute approximate surface area is 129 Å². The minimum absolute atomic E-state index is 0.0304. The van der Waals surface area contributed by atoms with Crippen molar-refractivity contribution in [3.05, 3.63) is 65.7 Å². The SMILES string of the molecule is Cc1ccc(N2C(=S)NC(=O)C[C@@H]2c2ccccc2)cc1. The third-order valence-electron chi connectivity index (χ3n) is 3.65. The number of carbonyl (C=O) groups excluding carboxylic acids is 1. The van der Waals surface area contributed by atoms with E-state index in [9.17, 15) is 4.79 Å². The predicted octanol–water partition coefficient (Wildman–Crippen LogP) is 3.35. The first-order valence-corrected chi connectivity index (χ1v) is 7.30. The van der Waals surface area contributed by atoms with Crippen LogP contribution in [0.3, 0.4) is 0 Å². The fourth-order valence-corrected chi connectivity index (χ4v) is 2.93. The highest BCUT2D eigenvalue weighted by Crippen LogP contribution is 2.32. The predicted molar refractivity (Wildman–Crippen MR) is 88.2 cm³/mol. The molecular formula is C17H16N2OS. The summed E-state index contributed by atoms with van der Waals surface area (Å²) in [7, 11) is 0. The Morgan fingerprint density at radius 1 is 1.10 bits per heavy atom. The van der Waals surface area contributed by atoms with Crippen molar-refractivity contribution in [2.24, 2.45) is 0 Å². The number of hydrogen-bond acceptors (Lipinski definition) is 2. The highest BCUT2D eigenvalue weighted by Gasteiger charge is 2.32. The molecule has 0 unspecified atom stereocenters. The molecule has 2 aromatic carbocycles. The minimum atomic E-state index is -0.0600. The maximum absolute atomic E-state index is 11.9. The second-order valence-electron chi connectivity index (χ2n) is 5.19.